The van der Waals surface area contributed by atoms with E-state index >= 15 is 0 Å². The molecule has 19 heavy (non-hydrogen) atoms. The lowest BCUT2D eigenvalue weighted by Gasteiger charge is -2.35. The van der Waals surface area contributed by atoms with E-state index < -0.39 is 0 Å². The van der Waals surface area contributed by atoms with Gasteiger partial charge in [-0.2, -0.15) is 0 Å². The topological polar surface area (TPSA) is 62.4 Å². The zero-order chi connectivity index (χ0) is 13.7. The summed E-state index contributed by atoms with van der Waals surface area (Å²) >= 11 is 4.93. The summed E-state index contributed by atoms with van der Waals surface area (Å²) in [6.07, 6.45) is 7.91. The van der Waals surface area contributed by atoms with Crippen LogP contribution in [-0.2, 0) is 0 Å². The quantitative estimate of drug-likeness (QED) is 0.805. The number of pyridine rings is 1. The fraction of sp³-hybridized carbons (Fsp3) is 0.571. The molecule has 1 aliphatic carbocycles. The second kappa shape index (κ2) is 6.82. The number of thiocarbonyl (C=S) groups is 1. The average Bonchev–Trinajstić information content (AvgIpc) is 2.46. The maximum absolute atomic E-state index is 9.26. The van der Waals surface area contributed by atoms with Crippen LogP contribution in [0.1, 0.15) is 37.7 Å². The van der Waals surface area contributed by atoms with Gasteiger partial charge in [-0.25, -0.2) is 4.98 Å². The first-order valence-corrected chi connectivity index (χ1v) is 7.26. The lowest BCUT2D eigenvalue weighted by molar-refractivity contribution is 0.289. The fourth-order valence-electron chi connectivity index (χ4n) is 2.69. The van der Waals surface area contributed by atoms with Crippen LogP contribution in [0.3, 0.4) is 0 Å². The van der Waals surface area contributed by atoms with E-state index in [1.165, 1.54) is 32.1 Å². The van der Waals surface area contributed by atoms with E-state index in [1.54, 1.807) is 6.20 Å². The summed E-state index contributed by atoms with van der Waals surface area (Å²) in [4.78, 5) is 7.02. The van der Waals surface area contributed by atoms with Crippen LogP contribution in [0, 0.1) is 0 Å². The molecule has 2 rings (SSSR count). The number of anilines is 1. The highest BCUT2D eigenvalue weighted by Crippen LogP contribution is 2.26. The van der Waals surface area contributed by atoms with Crippen LogP contribution in [0.2, 0.25) is 0 Å². The summed E-state index contributed by atoms with van der Waals surface area (Å²) in [6.45, 7) is 0.777. The Morgan fingerprint density at radius 1 is 1.37 bits per heavy atom. The average molecular weight is 279 g/mol. The fourth-order valence-corrected chi connectivity index (χ4v) is 2.81. The van der Waals surface area contributed by atoms with Gasteiger partial charge in [0.05, 0.1) is 6.61 Å². The first-order valence-electron chi connectivity index (χ1n) is 6.85. The number of aliphatic hydroxyl groups excluding tert-OH is 1. The van der Waals surface area contributed by atoms with Gasteiger partial charge in [0.15, 0.2) is 0 Å². The second-order valence-corrected chi connectivity index (χ2v) is 5.42. The molecule has 0 spiro atoms. The van der Waals surface area contributed by atoms with Gasteiger partial charge in [0.25, 0.3) is 0 Å². The Labute approximate surface area is 119 Å². The lowest BCUT2D eigenvalue weighted by atomic mass is 9.94. The largest absolute Gasteiger partial charge is 0.395 e. The summed E-state index contributed by atoms with van der Waals surface area (Å²) in [5.41, 5.74) is 6.36. The molecule has 1 aromatic rings. The van der Waals surface area contributed by atoms with Crippen LogP contribution in [0.4, 0.5) is 5.82 Å². The molecule has 0 unspecified atom stereocenters. The molecule has 3 N–H and O–H groups in total. The highest BCUT2D eigenvalue weighted by molar-refractivity contribution is 7.80. The van der Waals surface area contributed by atoms with Crippen LogP contribution in [-0.4, -0.2) is 34.3 Å². The number of aliphatic hydroxyl groups is 1. The van der Waals surface area contributed by atoms with Crippen molar-refractivity contribution in [3.05, 3.63) is 23.9 Å². The summed E-state index contributed by atoms with van der Waals surface area (Å²) in [6, 6.07) is 4.33. The van der Waals surface area contributed by atoms with Gasteiger partial charge < -0.3 is 15.7 Å². The van der Waals surface area contributed by atoms with Crippen LogP contribution in [0.15, 0.2) is 18.3 Å². The number of nitrogens with zero attached hydrogens (tertiary/aromatic N) is 2. The molecule has 0 atom stereocenters. The lowest BCUT2D eigenvalue weighted by Crippen LogP contribution is -2.39. The third-order valence-electron chi connectivity index (χ3n) is 3.68. The van der Waals surface area contributed by atoms with Gasteiger partial charge in [0.2, 0.25) is 0 Å². The van der Waals surface area contributed by atoms with Crippen molar-refractivity contribution in [2.75, 3.05) is 18.1 Å². The van der Waals surface area contributed by atoms with Crippen molar-refractivity contribution in [2.45, 2.75) is 38.1 Å². The first kappa shape index (κ1) is 14.2. The van der Waals surface area contributed by atoms with Gasteiger partial charge in [0.1, 0.15) is 10.8 Å². The smallest absolute Gasteiger partial charge is 0.128 e. The van der Waals surface area contributed by atoms with E-state index in [-0.39, 0.29) is 6.61 Å². The molecule has 0 aromatic carbocycles. The molecule has 1 aliphatic rings. The van der Waals surface area contributed by atoms with Crippen molar-refractivity contribution < 1.29 is 5.11 Å². The Kier molecular flexibility index (Phi) is 5.10. The molecule has 4 nitrogen and oxygen atoms in total. The van der Waals surface area contributed by atoms with Crippen molar-refractivity contribution in [1.82, 2.24) is 4.98 Å². The van der Waals surface area contributed by atoms with E-state index in [2.05, 4.69) is 9.88 Å². The standard InChI is InChI=1S/C14H21N3OS/c15-14(19)11-6-7-13(16-10-11)17(8-9-18)12-4-2-1-3-5-12/h6-7,10,12,18H,1-5,8-9H2,(H2,15,19). The summed E-state index contributed by atoms with van der Waals surface area (Å²) in [7, 11) is 0. The van der Waals surface area contributed by atoms with Gasteiger partial charge in [-0.1, -0.05) is 31.5 Å². The summed E-state index contributed by atoms with van der Waals surface area (Å²) in [5.74, 6) is 0.904. The minimum Gasteiger partial charge on any atom is -0.395 e. The van der Waals surface area contributed by atoms with E-state index in [1.807, 2.05) is 12.1 Å². The Bertz CT molecular complexity index is 415. The molecular weight excluding hydrogens is 258 g/mol. The molecule has 0 amide bonds. The van der Waals surface area contributed by atoms with Crippen molar-refractivity contribution in [1.29, 1.82) is 0 Å². The number of hydrogen-bond acceptors (Lipinski definition) is 4. The number of aromatic nitrogens is 1. The number of nitrogens with two attached hydrogens (primary N) is 1. The Morgan fingerprint density at radius 2 is 2.11 bits per heavy atom. The normalized spacial score (nSPS) is 16.3. The third-order valence-corrected chi connectivity index (χ3v) is 3.92. The van der Waals surface area contributed by atoms with Crippen LogP contribution < -0.4 is 10.6 Å². The predicted octanol–water partition coefficient (Wildman–Crippen LogP) is 1.85. The Balaban J connectivity index is 2.15. The molecule has 0 radical (unpaired) electrons. The van der Waals surface area contributed by atoms with Gasteiger partial charge in [0, 0.05) is 24.3 Å². The van der Waals surface area contributed by atoms with Gasteiger partial charge in [-0.3, -0.25) is 0 Å². The zero-order valence-electron chi connectivity index (χ0n) is 11.1. The van der Waals surface area contributed by atoms with Gasteiger partial charge >= 0.3 is 0 Å². The van der Waals surface area contributed by atoms with Crippen LogP contribution >= 0.6 is 12.2 Å². The molecule has 104 valence electrons. The maximum atomic E-state index is 9.26. The number of hydrogen-bond donors (Lipinski definition) is 2. The van der Waals surface area contributed by atoms with Crippen molar-refractivity contribution >= 4 is 23.0 Å². The predicted molar refractivity (Wildman–Crippen MR) is 81.4 cm³/mol. The highest BCUT2D eigenvalue weighted by Gasteiger charge is 2.21. The molecule has 1 saturated carbocycles. The Morgan fingerprint density at radius 3 is 2.63 bits per heavy atom. The molecule has 1 fully saturated rings. The van der Waals surface area contributed by atoms with Gasteiger partial charge in [-0.05, 0) is 25.0 Å². The summed E-state index contributed by atoms with van der Waals surface area (Å²) < 4.78 is 0. The molecule has 1 heterocycles. The van der Waals surface area contributed by atoms with E-state index in [4.69, 9.17) is 18.0 Å². The Hall–Kier alpha value is -1.20. The minimum atomic E-state index is 0.148. The SMILES string of the molecule is NC(=S)c1ccc(N(CCO)C2CCCCC2)nc1. The number of rotatable bonds is 5. The van der Waals surface area contributed by atoms with E-state index in [0.29, 0.717) is 17.6 Å². The maximum Gasteiger partial charge on any atom is 0.128 e. The van der Waals surface area contributed by atoms with Crippen molar-refractivity contribution in [2.24, 2.45) is 5.73 Å². The third kappa shape index (κ3) is 3.64. The monoisotopic (exact) mass is 279 g/mol. The first-order chi connectivity index (χ1) is 9.22. The molecule has 0 saturated heterocycles. The molecule has 5 heteroatoms. The van der Waals surface area contributed by atoms with Crippen molar-refractivity contribution in [3.63, 3.8) is 0 Å². The summed E-state index contributed by atoms with van der Waals surface area (Å²) in [5, 5.41) is 9.26. The van der Waals surface area contributed by atoms with Gasteiger partial charge in [-0.15, -0.1) is 0 Å². The minimum absolute atomic E-state index is 0.148. The highest BCUT2D eigenvalue weighted by atomic mass is 32.1. The van der Waals surface area contributed by atoms with Crippen LogP contribution in [0.25, 0.3) is 0 Å². The zero-order valence-corrected chi connectivity index (χ0v) is 11.9. The molecule has 1 aromatic heterocycles. The van der Waals surface area contributed by atoms with Crippen molar-refractivity contribution in [3.8, 4) is 0 Å². The molecule has 0 bridgehead atoms. The van der Waals surface area contributed by atoms with Crippen LogP contribution in [0.5, 0.6) is 0 Å². The van der Waals surface area contributed by atoms with E-state index in [9.17, 15) is 5.11 Å². The van der Waals surface area contributed by atoms with E-state index in [0.717, 1.165) is 11.4 Å². The molecule has 0 aliphatic heterocycles. The molecular formula is C14H21N3OS. The second-order valence-electron chi connectivity index (χ2n) is 4.98.